The van der Waals surface area contributed by atoms with Crippen LogP contribution >= 0.6 is 11.8 Å². The molecule has 1 aliphatic rings. The summed E-state index contributed by atoms with van der Waals surface area (Å²) in [7, 11) is 1.98. The second-order valence-electron chi connectivity index (χ2n) is 4.29. The van der Waals surface area contributed by atoms with Crippen LogP contribution in [0, 0.1) is 11.7 Å². The Labute approximate surface area is 106 Å². The molecule has 1 fully saturated rings. The number of nitrogens with one attached hydrogen (secondary N) is 1. The van der Waals surface area contributed by atoms with E-state index in [0.717, 1.165) is 30.3 Å². The van der Waals surface area contributed by atoms with E-state index in [1.807, 2.05) is 13.1 Å². The van der Waals surface area contributed by atoms with Crippen LogP contribution in [-0.4, -0.2) is 32.1 Å². The first-order valence-corrected chi connectivity index (χ1v) is 6.91. The Balaban J connectivity index is 1.87. The van der Waals surface area contributed by atoms with Gasteiger partial charge in [-0.15, -0.1) is 11.8 Å². The summed E-state index contributed by atoms with van der Waals surface area (Å²) in [5.74, 6) is 1.37. The number of halogens is 1. The van der Waals surface area contributed by atoms with E-state index in [4.69, 9.17) is 4.74 Å². The van der Waals surface area contributed by atoms with Crippen LogP contribution in [0.2, 0.25) is 0 Å². The lowest BCUT2D eigenvalue weighted by molar-refractivity contribution is 0.180. The molecule has 1 aliphatic heterocycles. The molecule has 1 aromatic rings. The maximum atomic E-state index is 13.0. The zero-order valence-electron chi connectivity index (χ0n) is 9.99. The smallest absolute Gasteiger partial charge is 0.124 e. The minimum Gasteiger partial charge on any atom is -0.381 e. The lowest BCUT2D eigenvalue weighted by atomic mass is 10.0. The summed E-state index contributed by atoms with van der Waals surface area (Å²) in [6.45, 7) is 1.71. The zero-order valence-corrected chi connectivity index (χ0v) is 10.8. The summed E-state index contributed by atoms with van der Waals surface area (Å²) >= 11 is 1.70. The number of benzene rings is 1. The van der Waals surface area contributed by atoms with Crippen molar-refractivity contribution in [2.24, 2.45) is 5.92 Å². The Kier molecular flexibility index (Phi) is 4.83. The Bertz CT molecular complexity index is 355. The molecule has 1 saturated heterocycles. The Morgan fingerprint density at radius 3 is 3.12 bits per heavy atom. The summed E-state index contributed by atoms with van der Waals surface area (Å²) in [5.41, 5.74) is 0. The van der Waals surface area contributed by atoms with Crippen molar-refractivity contribution in [2.45, 2.75) is 17.4 Å². The van der Waals surface area contributed by atoms with Crippen LogP contribution in [0.5, 0.6) is 0 Å². The normalized spacial score (nSPS) is 21.6. The number of hydrogen-bond donors (Lipinski definition) is 1. The van der Waals surface area contributed by atoms with Crippen molar-refractivity contribution in [1.82, 2.24) is 5.32 Å². The van der Waals surface area contributed by atoms with Crippen molar-refractivity contribution in [2.75, 3.05) is 26.0 Å². The second kappa shape index (κ2) is 6.38. The van der Waals surface area contributed by atoms with Gasteiger partial charge in [-0.3, -0.25) is 0 Å². The fourth-order valence-electron chi connectivity index (χ4n) is 2.07. The molecule has 94 valence electrons. The van der Waals surface area contributed by atoms with Gasteiger partial charge in [-0.05, 0) is 31.7 Å². The summed E-state index contributed by atoms with van der Waals surface area (Å²) in [4.78, 5) is 0.990. The molecule has 0 radical (unpaired) electrons. The van der Waals surface area contributed by atoms with E-state index >= 15 is 0 Å². The number of ether oxygens (including phenoxy) is 1. The third kappa shape index (κ3) is 3.69. The predicted octanol–water partition coefficient (Wildman–Crippen LogP) is 2.54. The average Bonchev–Trinajstić information content (AvgIpc) is 2.84. The van der Waals surface area contributed by atoms with Crippen molar-refractivity contribution >= 4 is 11.8 Å². The van der Waals surface area contributed by atoms with Crippen molar-refractivity contribution in [1.29, 1.82) is 0 Å². The molecule has 0 aliphatic carbocycles. The lowest BCUT2D eigenvalue weighted by Gasteiger charge is -2.21. The van der Waals surface area contributed by atoms with Crippen LogP contribution < -0.4 is 5.32 Å². The van der Waals surface area contributed by atoms with Crippen molar-refractivity contribution in [3.05, 3.63) is 30.1 Å². The lowest BCUT2D eigenvalue weighted by Crippen LogP contribution is -2.36. The van der Waals surface area contributed by atoms with E-state index in [0.29, 0.717) is 12.0 Å². The molecule has 2 unspecified atom stereocenters. The fraction of sp³-hybridized carbons (Fsp3) is 0.538. The van der Waals surface area contributed by atoms with Gasteiger partial charge in [-0.25, -0.2) is 4.39 Å². The first-order valence-electron chi connectivity index (χ1n) is 5.93. The highest BCUT2D eigenvalue weighted by molar-refractivity contribution is 7.99. The number of hydrogen-bond acceptors (Lipinski definition) is 3. The molecule has 0 bridgehead atoms. The van der Waals surface area contributed by atoms with Gasteiger partial charge in [-0.2, -0.15) is 0 Å². The van der Waals surface area contributed by atoms with E-state index in [9.17, 15) is 4.39 Å². The van der Waals surface area contributed by atoms with Gasteiger partial charge >= 0.3 is 0 Å². The molecule has 2 atom stereocenters. The highest BCUT2D eigenvalue weighted by Crippen LogP contribution is 2.24. The molecule has 4 heteroatoms. The summed E-state index contributed by atoms with van der Waals surface area (Å²) < 4.78 is 18.4. The van der Waals surface area contributed by atoms with Crippen LogP contribution in [-0.2, 0) is 4.74 Å². The van der Waals surface area contributed by atoms with Gasteiger partial charge in [0.05, 0.1) is 6.61 Å². The SMILES string of the molecule is CNC(CSc1cccc(F)c1)C1CCOC1. The highest BCUT2D eigenvalue weighted by atomic mass is 32.2. The molecule has 2 rings (SSSR count). The first kappa shape index (κ1) is 12.9. The predicted molar refractivity (Wildman–Crippen MR) is 68.9 cm³/mol. The van der Waals surface area contributed by atoms with E-state index in [1.165, 1.54) is 6.07 Å². The average molecular weight is 255 g/mol. The maximum Gasteiger partial charge on any atom is 0.124 e. The van der Waals surface area contributed by atoms with Gasteiger partial charge in [-0.1, -0.05) is 6.07 Å². The molecule has 1 aromatic carbocycles. The zero-order chi connectivity index (χ0) is 12.1. The summed E-state index contributed by atoms with van der Waals surface area (Å²) in [6.07, 6.45) is 1.12. The Morgan fingerprint density at radius 2 is 2.47 bits per heavy atom. The summed E-state index contributed by atoms with van der Waals surface area (Å²) in [5, 5.41) is 3.33. The Morgan fingerprint density at radius 1 is 1.59 bits per heavy atom. The molecule has 1 heterocycles. The van der Waals surface area contributed by atoms with Gasteiger partial charge < -0.3 is 10.1 Å². The second-order valence-corrected chi connectivity index (χ2v) is 5.38. The molecular formula is C13H18FNOS. The van der Waals surface area contributed by atoms with Gasteiger partial charge in [0.25, 0.3) is 0 Å². The van der Waals surface area contributed by atoms with Crippen LogP contribution in [0.25, 0.3) is 0 Å². The van der Waals surface area contributed by atoms with Gasteiger partial charge in [0.1, 0.15) is 5.82 Å². The molecule has 0 saturated carbocycles. The van der Waals surface area contributed by atoms with Gasteiger partial charge in [0, 0.05) is 29.2 Å². The van der Waals surface area contributed by atoms with Crippen LogP contribution in [0.3, 0.4) is 0 Å². The highest BCUT2D eigenvalue weighted by Gasteiger charge is 2.24. The molecule has 17 heavy (non-hydrogen) atoms. The minimum absolute atomic E-state index is 0.166. The molecule has 0 spiro atoms. The Hall–Kier alpha value is -0.580. The topological polar surface area (TPSA) is 21.3 Å². The van der Waals surface area contributed by atoms with E-state index in [2.05, 4.69) is 5.32 Å². The maximum absolute atomic E-state index is 13.0. The van der Waals surface area contributed by atoms with Crippen molar-refractivity contribution < 1.29 is 9.13 Å². The molecule has 0 amide bonds. The standard InChI is InChI=1S/C13H18FNOS/c1-15-13(10-5-6-16-8-10)9-17-12-4-2-3-11(14)7-12/h2-4,7,10,13,15H,5-6,8-9H2,1H3. The molecule has 2 nitrogen and oxygen atoms in total. The molecule has 0 aromatic heterocycles. The quantitative estimate of drug-likeness (QED) is 0.817. The van der Waals surface area contributed by atoms with Crippen LogP contribution in [0.4, 0.5) is 4.39 Å². The first-order chi connectivity index (χ1) is 8.29. The fourth-order valence-corrected chi connectivity index (χ4v) is 3.25. The summed E-state index contributed by atoms with van der Waals surface area (Å²) in [6, 6.07) is 7.20. The van der Waals surface area contributed by atoms with Crippen molar-refractivity contribution in [3.63, 3.8) is 0 Å². The van der Waals surface area contributed by atoms with E-state index in [-0.39, 0.29) is 5.82 Å². The minimum atomic E-state index is -0.166. The van der Waals surface area contributed by atoms with E-state index in [1.54, 1.807) is 23.9 Å². The third-order valence-electron chi connectivity index (χ3n) is 3.13. The van der Waals surface area contributed by atoms with Gasteiger partial charge in [0.15, 0.2) is 0 Å². The van der Waals surface area contributed by atoms with E-state index < -0.39 is 0 Å². The largest absolute Gasteiger partial charge is 0.381 e. The van der Waals surface area contributed by atoms with Crippen molar-refractivity contribution in [3.8, 4) is 0 Å². The molecule has 1 N–H and O–H groups in total. The number of thioether (sulfide) groups is 1. The van der Waals surface area contributed by atoms with Gasteiger partial charge in [0.2, 0.25) is 0 Å². The monoisotopic (exact) mass is 255 g/mol. The third-order valence-corrected chi connectivity index (χ3v) is 4.24. The van der Waals surface area contributed by atoms with Crippen LogP contribution in [0.15, 0.2) is 29.2 Å². The molecular weight excluding hydrogens is 237 g/mol. The number of rotatable bonds is 5. The van der Waals surface area contributed by atoms with Crippen LogP contribution in [0.1, 0.15) is 6.42 Å².